The second-order valence-corrected chi connectivity index (χ2v) is 12.5. The molecule has 2 heteroatoms. The summed E-state index contributed by atoms with van der Waals surface area (Å²) in [5.74, 6) is 4.32. The lowest BCUT2D eigenvalue weighted by atomic mass is 9.69. The van der Waals surface area contributed by atoms with Gasteiger partial charge in [-0.2, -0.15) is 0 Å². The molecule has 0 N–H and O–H groups in total. The van der Waals surface area contributed by atoms with Gasteiger partial charge in [-0.05, 0) is 84.8 Å². The van der Waals surface area contributed by atoms with Crippen molar-refractivity contribution < 1.29 is 4.79 Å². The van der Waals surface area contributed by atoms with E-state index in [0.29, 0.717) is 35.8 Å². The summed E-state index contributed by atoms with van der Waals surface area (Å²) in [6.45, 7) is 18.4. The first kappa shape index (κ1) is 26.0. The largest absolute Gasteiger partial charge is 0.364 e. The molecule has 0 spiro atoms. The third kappa shape index (κ3) is 5.37. The number of hydrogen-bond acceptors (Lipinski definition) is 2. The molecule has 0 aliphatic heterocycles. The summed E-state index contributed by atoms with van der Waals surface area (Å²) in [6, 6.07) is 14.1. The van der Waals surface area contributed by atoms with Crippen LogP contribution in [0.1, 0.15) is 90.4 Å². The lowest BCUT2D eigenvalue weighted by molar-refractivity contribution is 0.104. The molecule has 190 valence electrons. The Kier molecular flexibility index (Phi) is 8.09. The first-order valence-electron chi connectivity index (χ1n) is 14.2. The van der Waals surface area contributed by atoms with E-state index >= 15 is 0 Å². The fraction of sp³-hybridized carbons (Fsp3) is 0.606. The molecule has 2 saturated carbocycles. The first-order valence-corrected chi connectivity index (χ1v) is 14.2. The van der Waals surface area contributed by atoms with Crippen molar-refractivity contribution in [1.29, 1.82) is 0 Å². The number of carbonyl (C=O) groups excluding carboxylic acids is 1. The molecule has 0 bridgehead atoms. The molecule has 0 radical (unpaired) electrons. The van der Waals surface area contributed by atoms with Crippen molar-refractivity contribution in [3.8, 4) is 0 Å². The number of carbonyl (C=O) groups is 1. The number of hydrogen-bond donors (Lipinski definition) is 0. The zero-order valence-electron chi connectivity index (χ0n) is 23.0. The number of nitrogens with zero attached hydrogens (tertiary/aromatic N) is 1. The van der Waals surface area contributed by atoms with Crippen molar-refractivity contribution in [2.75, 3.05) is 4.90 Å². The van der Waals surface area contributed by atoms with Crippen LogP contribution in [-0.2, 0) is 0 Å². The van der Waals surface area contributed by atoms with Gasteiger partial charge < -0.3 is 4.90 Å². The van der Waals surface area contributed by atoms with Crippen molar-refractivity contribution >= 4 is 22.2 Å². The number of anilines is 1. The fourth-order valence-corrected chi connectivity index (χ4v) is 7.31. The number of ketones is 1. The molecule has 2 aromatic rings. The second-order valence-electron chi connectivity index (χ2n) is 12.5. The molecule has 0 amide bonds. The van der Waals surface area contributed by atoms with Crippen LogP contribution < -0.4 is 4.90 Å². The molecule has 35 heavy (non-hydrogen) atoms. The van der Waals surface area contributed by atoms with E-state index in [0.717, 1.165) is 22.8 Å². The van der Waals surface area contributed by atoms with Crippen LogP contribution >= 0.6 is 0 Å². The summed E-state index contributed by atoms with van der Waals surface area (Å²) < 4.78 is 0. The Hall–Kier alpha value is -2.09. The molecular formula is C33H47NO. The molecule has 2 aliphatic rings. The smallest absolute Gasteiger partial charge is 0.185 e. The van der Waals surface area contributed by atoms with Gasteiger partial charge in [0.25, 0.3) is 0 Å². The minimum absolute atomic E-state index is 0.00360. The Balaban J connectivity index is 1.89. The standard InChI is InChI=1S/C33H47NO/c1-8-33(35)26-14-17-29-25(20-26)10-9-11-30(29)34(31-18-23(6)12-15-27(31)21(2)3)32-19-24(7)13-16-28(32)22(4)5/h8-11,14,17,20-24,27-28,31-32H,1,12-13,15-16,18-19H2,2-7H3. The third-order valence-corrected chi connectivity index (χ3v) is 9.29. The van der Waals surface area contributed by atoms with Crippen LogP contribution in [0.25, 0.3) is 10.8 Å². The quantitative estimate of drug-likeness (QED) is 0.295. The SMILES string of the molecule is C=CC(=O)c1ccc2c(N(C3CC(C)CCC3C(C)C)C3CC(C)CCC3C(C)C)cccc2c1. The molecule has 2 aliphatic carbocycles. The number of rotatable bonds is 7. The van der Waals surface area contributed by atoms with E-state index in [-0.39, 0.29) is 5.78 Å². The predicted octanol–water partition coefficient (Wildman–Crippen LogP) is 8.94. The zero-order valence-corrected chi connectivity index (χ0v) is 23.0. The topological polar surface area (TPSA) is 20.3 Å². The van der Waals surface area contributed by atoms with Crippen LogP contribution in [0.5, 0.6) is 0 Å². The van der Waals surface area contributed by atoms with Gasteiger partial charge in [-0.3, -0.25) is 4.79 Å². The first-order chi connectivity index (χ1) is 16.7. The van der Waals surface area contributed by atoms with Gasteiger partial charge in [0, 0.05) is 28.7 Å². The van der Waals surface area contributed by atoms with E-state index in [2.05, 4.69) is 83.4 Å². The molecule has 0 aromatic heterocycles. The normalized spacial score (nSPS) is 29.5. The van der Waals surface area contributed by atoms with E-state index in [1.54, 1.807) is 0 Å². The lowest BCUT2D eigenvalue weighted by Crippen LogP contribution is -2.55. The summed E-state index contributed by atoms with van der Waals surface area (Å²) in [6.07, 6.45) is 9.35. The minimum Gasteiger partial charge on any atom is -0.364 e. The van der Waals surface area contributed by atoms with Gasteiger partial charge in [-0.15, -0.1) is 0 Å². The highest BCUT2D eigenvalue weighted by atomic mass is 16.1. The maximum Gasteiger partial charge on any atom is 0.185 e. The van der Waals surface area contributed by atoms with Crippen LogP contribution in [0.2, 0.25) is 0 Å². The van der Waals surface area contributed by atoms with Crippen LogP contribution in [0.3, 0.4) is 0 Å². The van der Waals surface area contributed by atoms with Crippen LogP contribution in [0.15, 0.2) is 49.1 Å². The van der Waals surface area contributed by atoms with E-state index in [4.69, 9.17) is 0 Å². The average molecular weight is 474 g/mol. The third-order valence-electron chi connectivity index (χ3n) is 9.29. The molecule has 0 saturated heterocycles. The summed E-state index contributed by atoms with van der Waals surface area (Å²) >= 11 is 0. The van der Waals surface area contributed by atoms with Crippen molar-refractivity contribution in [3.63, 3.8) is 0 Å². The number of allylic oxidation sites excluding steroid dienone is 1. The lowest BCUT2D eigenvalue weighted by Gasteiger charge is -2.53. The molecule has 6 unspecified atom stereocenters. The Labute approximate surface area is 214 Å². The number of fused-ring (bicyclic) bond motifs is 1. The molecule has 4 rings (SSSR count). The molecule has 2 fully saturated rings. The maximum absolute atomic E-state index is 12.4. The minimum atomic E-state index is -0.00360. The Morgan fingerprint density at radius 1 is 0.886 bits per heavy atom. The molecule has 6 atom stereocenters. The van der Waals surface area contributed by atoms with Crippen molar-refractivity contribution in [2.24, 2.45) is 35.5 Å². The van der Waals surface area contributed by atoms with E-state index in [1.807, 2.05) is 6.07 Å². The van der Waals surface area contributed by atoms with Crippen molar-refractivity contribution in [2.45, 2.75) is 92.2 Å². The monoisotopic (exact) mass is 473 g/mol. The van der Waals surface area contributed by atoms with Gasteiger partial charge in [0.15, 0.2) is 5.78 Å². The van der Waals surface area contributed by atoms with Crippen molar-refractivity contribution in [3.05, 3.63) is 54.6 Å². The van der Waals surface area contributed by atoms with E-state index < -0.39 is 0 Å². The van der Waals surface area contributed by atoms with Gasteiger partial charge in [0.1, 0.15) is 0 Å². The van der Waals surface area contributed by atoms with Gasteiger partial charge in [-0.25, -0.2) is 0 Å². The van der Waals surface area contributed by atoms with E-state index in [1.165, 1.54) is 55.7 Å². The molecule has 2 aromatic carbocycles. The fourth-order valence-electron chi connectivity index (χ4n) is 7.31. The molecular weight excluding hydrogens is 426 g/mol. The highest BCUT2D eigenvalue weighted by Crippen LogP contribution is 2.46. The van der Waals surface area contributed by atoms with Gasteiger partial charge in [0.05, 0.1) is 0 Å². The number of benzene rings is 2. The van der Waals surface area contributed by atoms with Crippen LogP contribution in [0, 0.1) is 35.5 Å². The Morgan fingerprint density at radius 3 is 1.97 bits per heavy atom. The summed E-state index contributed by atoms with van der Waals surface area (Å²) in [4.78, 5) is 15.3. The highest BCUT2D eigenvalue weighted by Gasteiger charge is 2.42. The Bertz CT molecular complexity index is 1000. The van der Waals surface area contributed by atoms with Gasteiger partial charge in [0.2, 0.25) is 0 Å². The maximum atomic E-state index is 12.4. The molecule has 2 nitrogen and oxygen atoms in total. The Morgan fingerprint density at radius 2 is 1.46 bits per heavy atom. The average Bonchev–Trinajstić information content (AvgIpc) is 2.83. The molecule has 0 heterocycles. The zero-order chi connectivity index (χ0) is 25.3. The second kappa shape index (κ2) is 10.9. The highest BCUT2D eigenvalue weighted by molar-refractivity contribution is 6.07. The van der Waals surface area contributed by atoms with Crippen LogP contribution in [-0.4, -0.2) is 17.9 Å². The predicted molar refractivity (Wildman–Crippen MR) is 151 cm³/mol. The summed E-state index contributed by atoms with van der Waals surface area (Å²) in [7, 11) is 0. The summed E-state index contributed by atoms with van der Waals surface area (Å²) in [5, 5.41) is 2.45. The summed E-state index contributed by atoms with van der Waals surface area (Å²) in [5.41, 5.74) is 2.11. The van der Waals surface area contributed by atoms with Crippen molar-refractivity contribution in [1.82, 2.24) is 0 Å². The van der Waals surface area contributed by atoms with Gasteiger partial charge in [-0.1, -0.05) is 85.2 Å². The van der Waals surface area contributed by atoms with Gasteiger partial charge >= 0.3 is 0 Å². The van der Waals surface area contributed by atoms with Crippen LogP contribution in [0.4, 0.5) is 5.69 Å². The van der Waals surface area contributed by atoms with E-state index in [9.17, 15) is 4.79 Å².